The smallest absolute Gasteiger partial charge is 0.0486 e. The fraction of sp³-hybridized carbons (Fsp3) is 0.286. The van der Waals surface area contributed by atoms with Gasteiger partial charge in [0.25, 0.3) is 0 Å². The van der Waals surface area contributed by atoms with Crippen LogP contribution in [0.1, 0.15) is 6.92 Å². The van der Waals surface area contributed by atoms with Crippen LogP contribution in [0.5, 0.6) is 0 Å². The Balaban J connectivity index is 4.01. The highest BCUT2D eigenvalue weighted by Gasteiger charge is 1.92. The molecule has 50 valence electrons. The third-order valence-corrected chi connectivity index (χ3v) is 1.28. The zero-order valence-corrected chi connectivity index (χ0v) is 6.28. The summed E-state index contributed by atoms with van der Waals surface area (Å²) < 4.78 is 0. The molecule has 0 aliphatic rings. The van der Waals surface area contributed by atoms with Crippen LogP contribution in [0.2, 0.25) is 0 Å². The molecule has 0 rings (SSSR count). The van der Waals surface area contributed by atoms with Crippen LogP contribution in [0.15, 0.2) is 29.9 Å². The van der Waals surface area contributed by atoms with Crippen LogP contribution in [-0.4, -0.2) is 11.6 Å². The molecule has 9 heavy (non-hydrogen) atoms. The SMILES string of the molecule is C=CN=C(C)C(=C)CCl. The van der Waals surface area contributed by atoms with Crippen molar-refractivity contribution in [3.8, 4) is 0 Å². The Labute approximate surface area is 60.7 Å². The number of alkyl halides is 1. The lowest BCUT2D eigenvalue weighted by Gasteiger charge is -1.95. The number of hydrogen-bond acceptors (Lipinski definition) is 1. The molecule has 0 aliphatic heterocycles. The van der Waals surface area contributed by atoms with Crippen molar-refractivity contribution in [2.45, 2.75) is 6.92 Å². The molecule has 1 nitrogen and oxygen atoms in total. The Morgan fingerprint density at radius 3 is 2.67 bits per heavy atom. The number of allylic oxidation sites excluding steroid dienone is 1. The zero-order valence-electron chi connectivity index (χ0n) is 5.52. The van der Waals surface area contributed by atoms with Crippen molar-refractivity contribution in [1.82, 2.24) is 0 Å². The average molecular weight is 144 g/mol. The first-order chi connectivity index (χ1) is 4.22. The van der Waals surface area contributed by atoms with Crippen molar-refractivity contribution >= 4 is 17.3 Å². The topological polar surface area (TPSA) is 12.4 Å². The number of halogens is 1. The second-order valence-electron chi connectivity index (χ2n) is 1.63. The molecule has 0 radical (unpaired) electrons. The molecule has 0 saturated heterocycles. The Morgan fingerprint density at radius 2 is 2.33 bits per heavy atom. The summed E-state index contributed by atoms with van der Waals surface area (Å²) in [5.41, 5.74) is 1.69. The Kier molecular flexibility index (Phi) is 4.06. The van der Waals surface area contributed by atoms with Crippen LogP contribution in [0.3, 0.4) is 0 Å². The van der Waals surface area contributed by atoms with Gasteiger partial charge in [-0.15, -0.1) is 11.6 Å². The van der Waals surface area contributed by atoms with E-state index in [-0.39, 0.29) is 0 Å². The van der Waals surface area contributed by atoms with Crippen LogP contribution in [0, 0.1) is 0 Å². The summed E-state index contributed by atoms with van der Waals surface area (Å²) in [6.45, 7) is 8.98. The van der Waals surface area contributed by atoms with Crippen molar-refractivity contribution in [3.05, 3.63) is 24.9 Å². The largest absolute Gasteiger partial charge is 0.262 e. The van der Waals surface area contributed by atoms with Crippen molar-refractivity contribution in [1.29, 1.82) is 0 Å². The Morgan fingerprint density at radius 1 is 1.78 bits per heavy atom. The molecular formula is C7H10ClN. The van der Waals surface area contributed by atoms with Gasteiger partial charge in [-0.05, 0) is 12.5 Å². The van der Waals surface area contributed by atoms with Gasteiger partial charge < -0.3 is 0 Å². The highest BCUT2D eigenvalue weighted by molar-refractivity contribution is 6.23. The minimum absolute atomic E-state index is 0.434. The molecule has 0 fully saturated rings. The van der Waals surface area contributed by atoms with Crippen LogP contribution in [-0.2, 0) is 0 Å². The summed E-state index contributed by atoms with van der Waals surface area (Å²) in [7, 11) is 0. The first-order valence-corrected chi connectivity index (χ1v) is 3.15. The highest BCUT2D eigenvalue weighted by atomic mass is 35.5. The predicted octanol–water partition coefficient (Wildman–Crippen LogP) is 2.39. The van der Waals surface area contributed by atoms with E-state index in [9.17, 15) is 0 Å². The Bertz CT molecular complexity index is 147. The van der Waals surface area contributed by atoms with E-state index in [0.717, 1.165) is 11.3 Å². The lowest BCUT2D eigenvalue weighted by atomic mass is 10.2. The van der Waals surface area contributed by atoms with E-state index in [1.807, 2.05) is 6.92 Å². The molecule has 2 heteroatoms. The van der Waals surface area contributed by atoms with Gasteiger partial charge in [-0.3, -0.25) is 4.99 Å². The van der Waals surface area contributed by atoms with Crippen LogP contribution in [0.4, 0.5) is 0 Å². The van der Waals surface area contributed by atoms with Gasteiger partial charge in [0.2, 0.25) is 0 Å². The summed E-state index contributed by atoms with van der Waals surface area (Å²) in [6, 6.07) is 0. The lowest BCUT2D eigenvalue weighted by Crippen LogP contribution is -1.95. The van der Waals surface area contributed by atoms with Gasteiger partial charge in [0.15, 0.2) is 0 Å². The van der Waals surface area contributed by atoms with E-state index in [0.29, 0.717) is 5.88 Å². The van der Waals surface area contributed by atoms with Crippen molar-refractivity contribution in [3.63, 3.8) is 0 Å². The van der Waals surface area contributed by atoms with Gasteiger partial charge in [0, 0.05) is 17.8 Å². The van der Waals surface area contributed by atoms with Crippen molar-refractivity contribution in [2.24, 2.45) is 4.99 Å². The monoisotopic (exact) mass is 143 g/mol. The highest BCUT2D eigenvalue weighted by Crippen LogP contribution is 1.97. The maximum atomic E-state index is 5.47. The third kappa shape index (κ3) is 3.09. The molecule has 0 aromatic heterocycles. The molecule has 0 unspecified atom stereocenters. The van der Waals surface area contributed by atoms with Crippen LogP contribution in [0.25, 0.3) is 0 Å². The quantitative estimate of drug-likeness (QED) is 0.425. The molecule has 0 N–H and O–H groups in total. The minimum atomic E-state index is 0.434. The van der Waals surface area contributed by atoms with E-state index >= 15 is 0 Å². The number of rotatable bonds is 3. The van der Waals surface area contributed by atoms with Gasteiger partial charge in [-0.25, -0.2) is 0 Å². The Hall–Kier alpha value is -0.560. The van der Waals surface area contributed by atoms with E-state index in [1.165, 1.54) is 6.20 Å². The number of aliphatic imine (C=N–C) groups is 1. The lowest BCUT2D eigenvalue weighted by molar-refractivity contribution is 1.49. The van der Waals surface area contributed by atoms with Crippen LogP contribution < -0.4 is 0 Å². The second kappa shape index (κ2) is 4.33. The molecule has 0 atom stereocenters. The van der Waals surface area contributed by atoms with Crippen LogP contribution >= 0.6 is 11.6 Å². The van der Waals surface area contributed by atoms with Crippen molar-refractivity contribution in [2.75, 3.05) is 5.88 Å². The van der Waals surface area contributed by atoms with Gasteiger partial charge in [-0.1, -0.05) is 13.2 Å². The normalized spacial score (nSPS) is 11.1. The maximum absolute atomic E-state index is 5.47. The van der Waals surface area contributed by atoms with Gasteiger partial charge in [-0.2, -0.15) is 0 Å². The molecule has 0 aromatic carbocycles. The molecular weight excluding hydrogens is 134 g/mol. The van der Waals surface area contributed by atoms with E-state index in [1.54, 1.807) is 0 Å². The van der Waals surface area contributed by atoms with E-state index in [4.69, 9.17) is 11.6 Å². The molecule has 0 aromatic rings. The van der Waals surface area contributed by atoms with Gasteiger partial charge >= 0.3 is 0 Å². The molecule has 0 bridgehead atoms. The van der Waals surface area contributed by atoms with E-state index in [2.05, 4.69) is 18.2 Å². The fourth-order valence-electron chi connectivity index (χ4n) is 0.325. The molecule has 0 heterocycles. The zero-order chi connectivity index (χ0) is 7.28. The summed E-state index contributed by atoms with van der Waals surface area (Å²) in [5, 5.41) is 0. The fourth-order valence-corrected chi connectivity index (χ4v) is 0.518. The third-order valence-electron chi connectivity index (χ3n) is 0.958. The second-order valence-corrected chi connectivity index (χ2v) is 1.90. The summed E-state index contributed by atoms with van der Waals surface area (Å²) in [4.78, 5) is 3.89. The maximum Gasteiger partial charge on any atom is 0.0486 e. The summed E-state index contributed by atoms with van der Waals surface area (Å²) in [5.74, 6) is 0.434. The average Bonchev–Trinajstić information content (AvgIpc) is 1.87. The first-order valence-electron chi connectivity index (χ1n) is 2.61. The number of hydrogen-bond donors (Lipinski definition) is 0. The van der Waals surface area contributed by atoms with Gasteiger partial charge in [0.1, 0.15) is 0 Å². The molecule has 0 amide bonds. The summed E-state index contributed by atoms with van der Waals surface area (Å²) in [6.07, 6.45) is 1.48. The summed E-state index contributed by atoms with van der Waals surface area (Å²) >= 11 is 5.47. The predicted molar refractivity (Wildman–Crippen MR) is 43.2 cm³/mol. The van der Waals surface area contributed by atoms with E-state index < -0.39 is 0 Å². The minimum Gasteiger partial charge on any atom is -0.262 e. The molecule has 0 spiro atoms. The number of nitrogens with zero attached hydrogens (tertiary/aromatic N) is 1. The van der Waals surface area contributed by atoms with Gasteiger partial charge in [0.05, 0.1) is 0 Å². The molecule has 0 saturated carbocycles. The van der Waals surface area contributed by atoms with Crippen molar-refractivity contribution < 1.29 is 0 Å². The standard InChI is InChI=1S/C7H10ClN/c1-4-9-7(3)6(2)5-8/h4H,1-2,5H2,3H3. The first kappa shape index (κ1) is 8.44. The molecule has 0 aliphatic carbocycles.